The smallest absolute Gasteiger partial charge is 0.261 e. The monoisotopic (exact) mass is 463 g/mol. The lowest BCUT2D eigenvalue weighted by atomic mass is 10.1. The molecular weight excluding hydrogens is 434 g/mol. The Hall–Kier alpha value is -3.13. The van der Waals surface area contributed by atoms with Crippen LogP contribution in [-0.2, 0) is 21.2 Å². The zero-order valence-electron chi connectivity index (χ0n) is 18.7. The number of benzene rings is 3. The van der Waals surface area contributed by atoms with E-state index in [-0.39, 0.29) is 4.90 Å². The predicted octanol–water partition coefficient (Wildman–Crippen LogP) is 4.80. The fraction of sp³-hybridized carbons (Fsp3) is 0.231. The van der Waals surface area contributed by atoms with Crippen LogP contribution in [0, 0.1) is 0 Å². The van der Waals surface area contributed by atoms with Crippen LogP contribution in [0.3, 0.4) is 0 Å². The van der Waals surface area contributed by atoms with E-state index in [2.05, 4.69) is 21.9 Å². The second kappa shape index (κ2) is 10.7. The minimum Gasteiger partial charge on any atom is -0.379 e. The minimum atomic E-state index is -3.64. The Morgan fingerprint density at radius 1 is 0.909 bits per heavy atom. The van der Waals surface area contributed by atoms with E-state index >= 15 is 0 Å². The molecule has 0 radical (unpaired) electrons. The van der Waals surface area contributed by atoms with Gasteiger partial charge >= 0.3 is 0 Å². The van der Waals surface area contributed by atoms with E-state index in [9.17, 15) is 8.42 Å². The lowest BCUT2D eigenvalue weighted by Crippen LogP contribution is -2.30. The standard InChI is InChI=1S/C22H20N2O2S.C4H9NO/c1-2-16-15-23-22-13-10-19(14-21(16)22)24-27(25,26)20-11-8-18(9-12-20)17-6-4-3-5-7-17;1-3-6-4-2-5-1/h3-15,23-24H,2H2,1H3;5H,1-4H2. The van der Waals surface area contributed by atoms with Gasteiger partial charge in [0.1, 0.15) is 0 Å². The van der Waals surface area contributed by atoms with Gasteiger partial charge in [0.05, 0.1) is 18.1 Å². The molecule has 3 aromatic carbocycles. The van der Waals surface area contributed by atoms with E-state index in [1.807, 2.05) is 60.8 Å². The Labute approximate surface area is 195 Å². The largest absolute Gasteiger partial charge is 0.379 e. The highest BCUT2D eigenvalue weighted by Crippen LogP contribution is 2.26. The molecular formula is C26H29N3O3S. The van der Waals surface area contributed by atoms with Gasteiger partial charge in [0.25, 0.3) is 10.0 Å². The molecule has 0 bridgehead atoms. The summed E-state index contributed by atoms with van der Waals surface area (Å²) >= 11 is 0. The Morgan fingerprint density at radius 3 is 2.21 bits per heavy atom. The third-order valence-electron chi connectivity index (χ3n) is 5.52. The molecule has 0 spiro atoms. The summed E-state index contributed by atoms with van der Waals surface area (Å²) in [7, 11) is -3.64. The fourth-order valence-electron chi connectivity index (χ4n) is 3.72. The molecule has 0 unspecified atom stereocenters. The lowest BCUT2D eigenvalue weighted by molar-refractivity contribution is 0.109. The second-order valence-electron chi connectivity index (χ2n) is 7.79. The van der Waals surface area contributed by atoms with E-state index < -0.39 is 10.0 Å². The molecule has 5 rings (SSSR count). The summed E-state index contributed by atoms with van der Waals surface area (Å²) in [5.41, 5.74) is 4.76. The summed E-state index contributed by atoms with van der Waals surface area (Å²) in [6.07, 6.45) is 2.85. The zero-order chi connectivity index (χ0) is 23.1. The number of aromatic nitrogens is 1. The summed E-state index contributed by atoms with van der Waals surface area (Å²) in [5, 5.41) is 4.20. The van der Waals surface area contributed by atoms with Crippen molar-refractivity contribution in [2.45, 2.75) is 18.2 Å². The van der Waals surface area contributed by atoms with Crippen LogP contribution in [-0.4, -0.2) is 39.7 Å². The van der Waals surface area contributed by atoms with Gasteiger partial charge in [-0.2, -0.15) is 0 Å². The molecule has 172 valence electrons. The van der Waals surface area contributed by atoms with Crippen molar-refractivity contribution in [1.82, 2.24) is 10.3 Å². The highest BCUT2D eigenvalue weighted by Gasteiger charge is 2.15. The Morgan fingerprint density at radius 2 is 1.61 bits per heavy atom. The molecule has 7 heteroatoms. The molecule has 1 aromatic heterocycles. The summed E-state index contributed by atoms with van der Waals surface area (Å²) in [4.78, 5) is 3.45. The molecule has 1 fully saturated rings. The van der Waals surface area contributed by atoms with Gasteiger partial charge in [0.15, 0.2) is 0 Å². The van der Waals surface area contributed by atoms with Gasteiger partial charge in [-0.1, -0.05) is 49.4 Å². The van der Waals surface area contributed by atoms with E-state index in [4.69, 9.17) is 4.74 Å². The predicted molar refractivity (Wildman–Crippen MR) is 134 cm³/mol. The first kappa shape index (κ1) is 23.0. The van der Waals surface area contributed by atoms with Crippen LogP contribution in [0.4, 0.5) is 5.69 Å². The van der Waals surface area contributed by atoms with Crippen molar-refractivity contribution in [3.8, 4) is 11.1 Å². The Kier molecular flexibility index (Phi) is 7.44. The van der Waals surface area contributed by atoms with Gasteiger partial charge in [-0.25, -0.2) is 8.42 Å². The molecule has 0 saturated carbocycles. The van der Waals surface area contributed by atoms with E-state index in [0.717, 1.165) is 54.8 Å². The average molecular weight is 464 g/mol. The number of fused-ring (bicyclic) bond motifs is 1. The van der Waals surface area contributed by atoms with Gasteiger partial charge in [-0.05, 0) is 53.4 Å². The molecule has 0 atom stereocenters. The van der Waals surface area contributed by atoms with Gasteiger partial charge < -0.3 is 15.0 Å². The van der Waals surface area contributed by atoms with Crippen molar-refractivity contribution in [2.24, 2.45) is 0 Å². The Balaban J connectivity index is 0.000000376. The molecule has 0 aliphatic carbocycles. The maximum atomic E-state index is 12.8. The van der Waals surface area contributed by atoms with Crippen LogP contribution in [0.1, 0.15) is 12.5 Å². The SMILES string of the molecule is C1COCCN1.CCc1c[nH]c2ccc(NS(=O)(=O)c3ccc(-c4ccccc4)cc3)cc12. The number of hydrogen-bond acceptors (Lipinski definition) is 4. The molecule has 1 saturated heterocycles. The van der Waals surface area contributed by atoms with Gasteiger partial charge in [0, 0.05) is 35.9 Å². The minimum absolute atomic E-state index is 0.243. The quantitative estimate of drug-likeness (QED) is 0.397. The highest BCUT2D eigenvalue weighted by molar-refractivity contribution is 7.92. The van der Waals surface area contributed by atoms with E-state index in [0.29, 0.717) is 5.69 Å². The van der Waals surface area contributed by atoms with Crippen LogP contribution in [0.25, 0.3) is 22.0 Å². The van der Waals surface area contributed by atoms with Gasteiger partial charge in [-0.3, -0.25) is 4.72 Å². The van der Waals surface area contributed by atoms with Gasteiger partial charge in [-0.15, -0.1) is 0 Å². The van der Waals surface area contributed by atoms with Crippen molar-refractivity contribution >= 4 is 26.6 Å². The number of ether oxygens (including phenoxy) is 1. The summed E-state index contributed by atoms with van der Waals surface area (Å²) < 4.78 is 33.2. The summed E-state index contributed by atoms with van der Waals surface area (Å²) in [5.74, 6) is 0. The molecule has 0 amide bonds. The fourth-order valence-corrected chi connectivity index (χ4v) is 4.77. The Bertz CT molecular complexity index is 1270. The number of morpholine rings is 1. The topological polar surface area (TPSA) is 83.2 Å². The maximum absolute atomic E-state index is 12.8. The molecule has 3 N–H and O–H groups in total. The number of rotatable bonds is 5. The van der Waals surface area contributed by atoms with Gasteiger partial charge in [0.2, 0.25) is 0 Å². The van der Waals surface area contributed by atoms with Crippen LogP contribution >= 0.6 is 0 Å². The van der Waals surface area contributed by atoms with Crippen molar-refractivity contribution in [3.05, 3.63) is 84.6 Å². The van der Waals surface area contributed by atoms with Crippen LogP contribution in [0.15, 0.2) is 83.9 Å². The van der Waals surface area contributed by atoms with Crippen LogP contribution in [0.5, 0.6) is 0 Å². The number of sulfonamides is 1. The molecule has 6 nitrogen and oxygen atoms in total. The molecule has 1 aliphatic heterocycles. The van der Waals surface area contributed by atoms with Crippen molar-refractivity contribution in [1.29, 1.82) is 0 Å². The summed E-state index contributed by atoms with van der Waals surface area (Å²) in [6.45, 7) is 5.91. The maximum Gasteiger partial charge on any atom is 0.261 e. The average Bonchev–Trinajstić information content (AvgIpc) is 3.28. The molecule has 4 aromatic rings. The zero-order valence-corrected chi connectivity index (χ0v) is 19.5. The lowest BCUT2D eigenvalue weighted by Gasteiger charge is -2.10. The van der Waals surface area contributed by atoms with Crippen molar-refractivity contribution < 1.29 is 13.2 Å². The molecule has 33 heavy (non-hydrogen) atoms. The highest BCUT2D eigenvalue weighted by atomic mass is 32.2. The third-order valence-corrected chi connectivity index (χ3v) is 6.92. The number of anilines is 1. The number of hydrogen-bond donors (Lipinski definition) is 3. The van der Waals surface area contributed by atoms with Crippen molar-refractivity contribution in [3.63, 3.8) is 0 Å². The first-order valence-corrected chi connectivity index (χ1v) is 12.6. The number of nitrogens with one attached hydrogen (secondary N) is 3. The number of aromatic amines is 1. The van der Waals surface area contributed by atoms with Crippen LogP contribution < -0.4 is 10.0 Å². The first-order valence-electron chi connectivity index (χ1n) is 11.1. The van der Waals surface area contributed by atoms with E-state index in [1.165, 1.54) is 5.56 Å². The third kappa shape index (κ3) is 5.82. The molecule has 1 aliphatic rings. The second-order valence-corrected chi connectivity index (χ2v) is 9.47. The number of aryl methyl sites for hydroxylation is 1. The van der Waals surface area contributed by atoms with Crippen molar-refractivity contribution in [2.75, 3.05) is 31.0 Å². The first-order chi connectivity index (χ1) is 16.1. The normalized spacial score (nSPS) is 13.8. The van der Waals surface area contributed by atoms with E-state index in [1.54, 1.807) is 18.2 Å². The number of H-pyrrole nitrogens is 1. The summed E-state index contributed by atoms with van der Waals surface area (Å²) in [6, 6.07) is 22.3. The van der Waals surface area contributed by atoms with Crippen LogP contribution in [0.2, 0.25) is 0 Å². The molecule has 2 heterocycles.